The third-order valence-electron chi connectivity index (χ3n) is 6.64. The van der Waals surface area contributed by atoms with Gasteiger partial charge in [-0.15, -0.1) is 0 Å². The summed E-state index contributed by atoms with van der Waals surface area (Å²) in [5.41, 5.74) is 4.42. The summed E-state index contributed by atoms with van der Waals surface area (Å²) in [5.74, 6) is -1.55. The van der Waals surface area contributed by atoms with Gasteiger partial charge < -0.3 is 25.2 Å². The Morgan fingerprint density at radius 1 is 1.00 bits per heavy atom. The van der Waals surface area contributed by atoms with Crippen LogP contribution in [0.4, 0.5) is 4.79 Å². The number of alkyl carbamates (subject to hydrolysis) is 1. The van der Waals surface area contributed by atoms with Crippen molar-refractivity contribution in [2.45, 2.75) is 69.7 Å². The number of aliphatic carboxylic acids is 1. The van der Waals surface area contributed by atoms with E-state index in [9.17, 15) is 14.4 Å². The molecule has 1 fully saturated rings. The fourth-order valence-electron chi connectivity index (χ4n) is 5.14. The molecule has 186 valence electrons. The lowest BCUT2D eigenvalue weighted by Crippen LogP contribution is -2.52. The third-order valence-corrected chi connectivity index (χ3v) is 6.64. The van der Waals surface area contributed by atoms with Gasteiger partial charge in [0, 0.05) is 18.4 Å². The molecule has 1 saturated heterocycles. The predicted molar refractivity (Wildman–Crippen MR) is 130 cm³/mol. The first-order valence-corrected chi connectivity index (χ1v) is 12.1. The zero-order valence-electron chi connectivity index (χ0n) is 20.0. The molecule has 1 aliphatic heterocycles. The van der Waals surface area contributed by atoms with Gasteiger partial charge in [-0.2, -0.15) is 0 Å². The average Bonchev–Trinajstić information content (AvgIpc) is 3.13. The maximum Gasteiger partial charge on any atom is 0.407 e. The highest BCUT2D eigenvalue weighted by Gasteiger charge is 2.31. The second-order valence-corrected chi connectivity index (χ2v) is 9.39. The SMILES string of the molecule is C[C@@H]1CC(NC(=O)C(CCC(=O)O)NC(=O)OCC2c3ccccc3-c3ccccc32)C[C@H](C)O1. The van der Waals surface area contributed by atoms with E-state index in [-0.39, 0.29) is 43.6 Å². The lowest BCUT2D eigenvalue weighted by Gasteiger charge is -2.33. The van der Waals surface area contributed by atoms with E-state index in [1.165, 1.54) is 0 Å². The van der Waals surface area contributed by atoms with Crippen LogP contribution in [0, 0.1) is 0 Å². The molecule has 1 aliphatic carbocycles. The van der Waals surface area contributed by atoms with Crippen LogP contribution in [0.15, 0.2) is 48.5 Å². The van der Waals surface area contributed by atoms with Crippen LogP contribution in [0.25, 0.3) is 11.1 Å². The number of carboxylic acid groups (broad SMARTS) is 1. The normalized spacial score (nSPS) is 21.9. The molecule has 2 aliphatic rings. The number of hydrogen-bond donors (Lipinski definition) is 3. The Morgan fingerprint density at radius 2 is 1.57 bits per heavy atom. The zero-order valence-corrected chi connectivity index (χ0v) is 20.0. The Morgan fingerprint density at radius 3 is 2.14 bits per heavy atom. The highest BCUT2D eigenvalue weighted by Crippen LogP contribution is 2.44. The van der Waals surface area contributed by atoms with Gasteiger partial charge >= 0.3 is 12.1 Å². The van der Waals surface area contributed by atoms with Crippen molar-refractivity contribution < 1.29 is 29.0 Å². The van der Waals surface area contributed by atoms with Crippen LogP contribution >= 0.6 is 0 Å². The van der Waals surface area contributed by atoms with E-state index in [4.69, 9.17) is 14.6 Å². The molecule has 2 unspecified atom stereocenters. The monoisotopic (exact) mass is 480 g/mol. The van der Waals surface area contributed by atoms with Crippen molar-refractivity contribution in [3.8, 4) is 11.1 Å². The molecule has 4 rings (SSSR count). The number of fused-ring (bicyclic) bond motifs is 3. The molecule has 1 heterocycles. The van der Waals surface area contributed by atoms with Gasteiger partial charge in [0.25, 0.3) is 0 Å². The van der Waals surface area contributed by atoms with Crippen molar-refractivity contribution in [2.24, 2.45) is 0 Å². The molecule has 0 aromatic heterocycles. The zero-order chi connectivity index (χ0) is 24.9. The molecule has 4 atom stereocenters. The van der Waals surface area contributed by atoms with E-state index in [1.807, 2.05) is 50.2 Å². The molecule has 2 amide bonds. The first kappa shape index (κ1) is 24.7. The van der Waals surface area contributed by atoms with Gasteiger partial charge in [0.15, 0.2) is 0 Å². The third kappa shape index (κ3) is 6.00. The van der Waals surface area contributed by atoms with Gasteiger partial charge in [0.05, 0.1) is 12.2 Å². The number of benzene rings is 2. The van der Waals surface area contributed by atoms with Gasteiger partial charge in [0.1, 0.15) is 12.6 Å². The van der Waals surface area contributed by atoms with Gasteiger partial charge in [-0.05, 0) is 55.4 Å². The van der Waals surface area contributed by atoms with Crippen molar-refractivity contribution in [1.29, 1.82) is 0 Å². The van der Waals surface area contributed by atoms with E-state index in [2.05, 4.69) is 22.8 Å². The van der Waals surface area contributed by atoms with Crippen LogP contribution in [0.1, 0.15) is 56.6 Å². The summed E-state index contributed by atoms with van der Waals surface area (Å²) in [6, 6.07) is 14.9. The van der Waals surface area contributed by atoms with E-state index in [1.54, 1.807) is 0 Å². The Labute approximate surface area is 205 Å². The second-order valence-electron chi connectivity index (χ2n) is 9.39. The van der Waals surface area contributed by atoms with Crippen LogP contribution in [-0.2, 0) is 19.1 Å². The summed E-state index contributed by atoms with van der Waals surface area (Å²) in [6.45, 7) is 4.01. The smallest absolute Gasteiger partial charge is 0.407 e. The first-order valence-electron chi connectivity index (χ1n) is 12.1. The minimum atomic E-state index is -1.04. The lowest BCUT2D eigenvalue weighted by atomic mass is 9.98. The van der Waals surface area contributed by atoms with Crippen molar-refractivity contribution in [3.63, 3.8) is 0 Å². The molecule has 3 N–H and O–H groups in total. The molecule has 0 bridgehead atoms. The Balaban J connectivity index is 1.39. The molecule has 0 saturated carbocycles. The summed E-state index contributed by atoms with van der Waals surface area (Å²) in [5, 5.41) is 14.6. The van der Waals surface area contributed by atoms with E-state index < -0.39 is 24.0 Å². The second kappa shape index (κ2) is 10.9. The van der Waals surface area contributed by atoms with Crippen molar-refractivity contribution in [2.75, 3.05) is 6.61 Å². The molecule has 35 heavy (non-hydrogen) atoms. The fourth-order valence-corrected chi connectivity index (χ4v) is 5.14. The number of hydrogen-bond acceptors (Lipinski definition) is 5. The summed E-state index contributed by atoms with van der Waals surface area (Å²) >= 11 is 0. The molecular formula is C27H32N2O6. The number of carbonyl (C=O) groups is 3. The van der Waals surface area contributed by atoms with Gasteiger partial charge in [0.2, 0.25) is 5.91 Å². The Kier molecular flexibility index (Phi) is 7.70. The van der Waals surface area contributed by atoms with Crippen LogP contribution in [0.3, 0.4) is 0 Å². The standard InChI is InChI=1S/C27H32N2O6/c1-16-13-18(14-17(2)35-16)28-26(32)24(11-12-25(30)31)29-27(33)34-15-23-21-9-5-3-7-19(21)20-8-4-6-10-22(20)23/h3-10,16-18,23-24H,11-15H2,1-2H3,(H,28,32)(H,29,33)(H,30,31)/t16-,17+,18?,24?. The maximum absolute atomic E-state index is 12.9. The summed E-state index contributed by atoms with van der Waals surface area (Å²) in [6.07, 6.45) is 0.320. The highest BCUT2D eigenvalue weighted by molar-refractivity contribution is 5.86. The van der Waals surface area contributed by atoms with Crippen LogP contribution in [0.2, 0.25) is 0 Å². The van der Waals surface area contributed by atoms with E-state index in [0.717, 1.165) is 22.3 Å². The number of carboxylic acids is 1. The fraction of sp³-hybridized carbons (Fsp3) is 0.444. The molecule has 2 aromatic carbocycles. The van der Waals surface area contributed by atoms with Gasteiger partial charge in [-0.25, -0.2) is 4.79 Å². The van der Waals surface area contributed by atoms with Crippen LogP contribution < -0.4 is 10.6 Å². The molecule has 8 heteroatoms. The van der Waals surface area contributed by atoms with E-state index in [0.29, 0.717) is 12.8 Å². The summed E-state index contributed by atoms with van der Waals surface area (Å²) < 4.78 is 11.3. The maximum atomic E-state index is 12.9. The summed E-state index contributed by atoms with van der Waals surface area (Å²) in [4.78, 5) is 36.8. The Hall–Kier alpha value is -3.39. The van der Waals surface area contributed by atoms with Gasteiger partial charge in [-0.1, -0.05) is 48.5 Å². The number of carbonyl (C=O) groups excluding carboxylic acids is 2. The van der Waals surface area contributed by atoms with Crippen LogP contribution in [-0.4, -0.2) is 54.0 Å². The molecule has 0 radical (unpaired) electrons. The minimum absolute atomic E-state index is 0.0108. The topological polar surface area (TPSA) is 114 Å². The van der Waals surface area contributed by atoms with Crippen molar-refractivity contribution >= 4 is 18.0 Å². The first-order chi connectivity index (χ1) is 16.8. The average molecular weight is 481 g/mol. The lowest BCUT2D eigenvalue weighted by molar-refractivity contribution is -0.137. The summed E-state index contributed by atoms with van der Waals surface area (Å²) in [7, 11) is 0. The number of ether oxygens (including phenoxy) is 2. The number of nitrogens with one attached hydrogen (secondary N) is 2. The van der Waals surface area contributed by atoms with E-state index >= 15 is 0 Å². The highest BCUT2D eigenvalue weighted by atomic mass is 16.5. The number of rotatable bonds is 8. The van der Waals surface area contributed by atoms with Crippen LogP contribution in [0.5, 0.6) is 0 Å². The molecule has 8 nitrogen and oxygen atoms in total. The quantitative estimate of drug-likeness (QED) is 0.529. The number of amides is 2. The predicted octanol–water partition coefficient (Wildman–Crippen LogP) is 3.83. The Bertz CT molecular complexity index is 1030. The van der Waals surface area contributed by atoms with Gasteiger partial charge in [-0.3, -0.25) is 9.59 Å². The van der Waals surface area contributed by atoms with Crippen molar-refractivity contribution in [3.05, 3.63) is 59.7 Å². The van der Waals surface area contributed by atoms with Crippen molar-refractivity contribution in [1.82, 2.24) is 10.6 Å². The largest absolute Gasteiger partial charge is 0.481 e. The minimum Gasteiger partial charge on any atom is -0.481 e. The molecule has 2 aromatic rings. The molecule has 0 spiro atoms. The molecular weight excluding hydrogens is 448 g/mol.